The summed E-state index contributed by atoms with van der Waals surface area (Å²) in [5, 5.41) is 0. The Bertz CT molecular complexity index is 508. The van der Waals surface area contributed by atoms with Gasteiger partial charge in [-0.05, 0) is 0 Å². The molecule has 0 N–H and O–H groups in total. The molecule has 0 amide bonds. The molecule has 0 heterocycles. The topological polar surface area (TPSA) is 17.1 Å². The molecule has 0 radical (unpaired) electrons. The van der Waals surface area contributed by atoms with E-state index in [1.54, 1.807) is 6.92 Å². The minimum absolute atomic E-state index is 0.0950. The maximum atomic E-state index is 11.2. The number of Topliss-reactive ketones (excluding diaryl/α,β-unsaturated/α-hetero) is 1. The zero-order valence-corrected chi connectivity index (χ0v) is 13.6. The van der Waals surface area contributed by atoms with Crippen molar-refractivity contribution in [3.8, 4) is 0 Å². The average Bonchev–Trinajstić information content (AvgIpc) is 2.39. The molecule has 0 bridgehead atoms. The third-order valence-corrected chi connectivity index (χ3v) is 11.6. The average molecular weight is 351 g/mol. The molecule has 0 fully saturated rings. The van der Waals surface area contributed by atoms with Gasteiger partial charge in [0.05, 0.1) is 0 Å². The van der Waals surface area contributed by atoms with Gasteiger partial charge >= 0.3 is 112 Å². The van der Waals surface area contributed by atoms with Crippen LogP contribution in [0.4, 0.5) is 0 Å². The number of rotatable bonds is 3. The van der Waals surface area contributed by atoms with Crippen molar-refractivity contribution in [2.24, 2.45) is 0 Å². The first kappa shape index (κ1) is 12.7. The van der Waals surface area contributed by atoms with Crippen molar-refractivity contribution in [1.29, 1.82) is 0 Å². The summed E-state index contributed by atoms with van der Waals surface area (Å²) in [5.74, 6) is 0.0950. The number of hydrogen-bond donors (Lipinski definition) is 0. The molecule has 0 spiro atoms. The van der Waals surface area contributed by atoms with Crippen LogP contribution in [0.3, 0.4) is 0 Å². The number of carbonyl (C=O) groups excluding carboxylic acids is 1. The number of halogens is 1. The molecule has 0 aromatic heterocycles. The fourth-order valence-corrected chi connectivity index (χ4v) is 7.86. The van der Waals surface area contributed by atoms with Crippen LogP contribution in [-0.4, -0.2) is 24.4 Å². The van der Waals surface area contributed by atoms with Gasteiger partial charge in [-0.1, -0.05) is 0 Å². The van der Waals surface area contributed by atoms with Crippen LogP contribution < -0.4 is 7.16 Å². The van der Waals surface area contributed by atoms with E-state index < -0.39 is 18.6 Å². The molecule has 0 aliphatic carbocycles. The first-order valence-corrected chi connectivity index (χ1v) is 13.0. The molecule has 2 aromatic rings. The molecule has 2 rings (SSSR count). The monoisotopic (exact) mass is 352 g/mol. The summed E-state index contributed by atoms with van der Waals surface area (Å²) >= 11 is -2.35. The SMILES string of the molecule is CC(=O)c1cc[c]([SnH]([Cl])[c]2ccccc2)cc1. The normalized spacial score (nSPS) is 12.1. The Morgan fingerprint density at radius 2 is 1.47 bits per heavy atom. The number of benzene rings is 2. The molecule has 1 atom stereocenters. The molecule has 17 heavy (non-hydrogen) atoms. The van der Waals surface area contributed by atoms with Crippen LogP contribution in [-0.2, 0) is 0 Å². The van der Waals surface area contributed by atoms with Crippen LogP contribution in [0.15, 0.2) is 54.6 Å². The molecule has 3 heteroatoms. The van der Waals surface area contributed by atoms with E-state index in [0.717, 1.165) is 5.56 Å². The van der Waals surface area contributed by atoms with Crippen molar-refractivity contribution in [3.05, 3.63) is 60.2 Å². The van der Waals surface area contributed by atoms with Gasteiger partial charge in [0.1, 0.15) is 0 Å². The van der Waals surface area contributed by atoms with Crippen molar-refractivity contribution in [1.82, 2.24) is 0 Å². The van der Waals surface area contributed by atoms with Crippen LogP contribution in [0.2, 0.25) is 0 Å². The van der Waals surface area contributed by atoms with Gasteiger partial charge in [0.2, 0.25) is 0 Å². The first-order valence-electron chi connectivity index (χ1n) is 5.48. The summed E-state index contributed by atoms with van der Waals surface area (Å²) in [6.45, 7) is 1.58. The van der Waals surface area contributed by atoms with Crippen molar-refractivity contribution >= 4 is 40.5 Å². The molecule has 1 nitrogen and oxygen atoms in total. The van der Waals surface area contributed by atoms with Crippen LogP contribution in [0.25, 0.3) is 0 Å². The van der Waals surface area contributed by atoms with E-state index in [9.17, 15) is 4.79 Å². The first-order chi connectivity index (χ1) is 8.18. The molecular weight excluding hydrogens is 338 g/mol. The van der Waals surface area contributed by atoms with Crippen molar-refractivity contribution < 1.29 is 4.79 Å². The van der Waals surface area contributed by atoms with Gasteiger partial charge in [0.15, 0.2) is 0 Å². The predicted molar refractivity (Wildman–Crippen MR) is 75.2 cm³/mol. The fourth-order valence-electron chi connectivity index (χ4n) is 1.70. The Labute approximate surface area is 112 Å². The molecule has 2 aromatic carbocycles. The van der Waals surface area contributed by atoms with Crippen molar-refractivity contribution in [2.45, 2.75) is 6.92 Å². The van der Waals surface area contributed by atoms with Crippen LogP contribution in [0.5, 0.6) is 0 Å². The van der Waals surface area contributed by atoms with E-state index >= 15 is 0 Å². The van der Waals surface area contributed by atoms with Crippen LogP contribution in [0, 0.1) is 0 Å². The number of hydrogen-bond acceptors (Lipinski definition) is 1. The summed E-state index contributed by atoms with van der Waals surface area (Å²) in [5.41, 5.74) is 0.747. The van der Waals surface area contributed by atoms with E-state index in [1.165, 1.54) is 7.16 Å². The quantitative estimate of drug-likeness (QED) is 0.610. The van der Waals surface area contributed by atoms with Gasteiger partial charge in [-0.25, -0.2) is 0 Å². The van der Waals surface area contributed by atoms with E-state index in [-0.39, 0.29) is 5.78 Å². The second-order valence-electron chi connectivity index (χ2n) is 3.95. The molecule has 0 aliphatic rings. The van der Waals surface area contributed by atoms with Crippen LogP contribution in [0.1, 0.15) is 17.3 Å². The third kappa shape index (κ3) is 3.11. The minimum atomic E-state index is -2.35. The Hall–Kier alpha value is -0.801. The van der Waals surface area contributed by atoms with E-state index in [2.05, 4.69) is 12.1 Å². The zero-order chi connectivity index (χ0) is 12.3. The summed E-state index contributed by atoms with van der Waals surface area (Å²) in [6, 6.07) is 17.9. The predicted octanol–water partition coefficient (Wildman–Crippen LogP) is 1.97. The second kappa shape index (κ2) is 5.69. The molecular formula is C14H13ClOSn. The van der Waals surface area contributed by atoms with E-state index in [0.29, 0.717) is 0 Å². The van der Waals surface area contributed by atoms with E-state index in [4.69, 9.17) is 8.92 Å². The van der Waals surface area contributed by atoms with E-state index in [1.807, 2.05) is 42.5 Å². The third-order valence-electron chi connectivity index (χ3n) is 2.70. The fraction of sp³-hybridized carbons (Fsp3) is 0.0714. The molecule has 86 valence electrons. The summed E-state index contributed by atoms with van der Waals surface area (Å²) in [7, 11) is 6.59. The summed E-state index contributed by atoms with van der Waals surface area (Å²) in [4.78, 5) is 11.2. The Morgan fingerprint density at radius 3 is 2.00 bits per heavy atom. The maximum absolute atomic E-state index is 11.2. The Kier molecular flexibility index (Phi) is 4.24. The number of carbonyl (C=O) groups is 1. The van der Waals surface area contributed by atoms with Gasteiger partial charge in [0, 0.05) is 0 Å². The summed E-state index contributed by atoms with van der Waals surface area (Å²) < 4.78 is 2.48. The zero-order valence-electron chi connectivity index (χ0n) is 9.56. The van der Waals surface area contributed by atoms with Crippen molar-refractivity contribution in [3.63, 3.8) is 0 Å². The second-order valence-corrected chi connectivity index (χ2v) is 12.8. The molecule has 1 unspecified atom stereocenters. The standard InChI is InChI=1S/C8H7O.C6H5.ClH.Sn.H/c1-7(9)8-5-3-2-4-6-8;1-2-4-6-5-3-1;;;/h3-6H,1H3;1-5H;1H;;/q;;;+1;/p-1. The molecule has 0 saturated carbocycles. The molecule has 0 aliphatic heterocycles. The molecule has 0 saturated heterocycles. The van der Waals surface area contributed by atoms with Gasteiger partial charge in [-0.15, -0.1) is 0 Å². The van der Waals surface area contributed by atoms with Gasteiger partial charge in [-0.2, -0.15) is 0 Å². The van der Waals surface area contributed by atoms with Gasteiger partial charge < -0.3 is 0 Å². The van der Waals surface area contributed by atoms with Crippen molar-refractivity contribution in [2.75, 3.05) is 0 Å². The Balaban J connectivity index is 2.26. The van der Waals surface area contributed by atoms with Crippen LogP contribution >= 0.6 is 8.92 Å². The Morgan fingerprint density at radius 1 is 0.941 bits per heavy atom. The van der Waals surface area contributed by atoms with Gasteiger partial charge in [0.25, 0.3) is 0 Å². The van der Waals surface area contributed by atoms with Gasteiger partial charge in [-0.3, -0.25) is 0 Å². The summed E-state index contributed by atoms with van der Waals surface area (Å²) in [6.07, 6.45) is 0. The number of ketones is 1.